The zero-order valence-electron chi connectivity index (χ0n) is 24.4. The number of aliphatic hydroxyl groups excluding tert-OH is 2. The van der Waals surface area contributed by atoms with Crippen molar-refractivity contribution in [3.05, 3.63) is 37.5 Å². The number of fused-ring (bicyclic) bond motifs is 2. The number of aromatic nitrogens is 8. The molecule has 0 amide bonds. The number of rotatable bonds is 14. The Bertz CT molecular complexity index is 1700. The fourth-order valence-electron chi connectivity index (χ4n) is 5.40. The van der Waals surface area contributed by atoms with Gasteiger partial charge in [0.15, 0.2) is 71.0 Å². The van der Waals surface area contributed by atoms with E-state index in [0.717, 1.165) is 0 Å². The second-order valence-corrected chi connectivity index (χ2v) is 13.7. The molecule has 4 aromatic heterocycles. The van der Waals surface area contributed by atoms with Crippen LogP contribution in [0.2, 0.25) is 0 Å². The Morgan fingerprint density at radius 3 is 1.56 bits per heavy atom. The van der Waals surface area contributed by atoms with Gasteiger partial charge in [-0.2, -0.15) is 0 Å². The van der Waals surface area contributed by atoms with Crippen LogP contribution < -0.4 is 10.6 Å². The molecule has 0 saturated carbocycles. The van der Waals surface area contributed by atoms with Crippen molar-refractivity contribution < 1.29 is 46.6 Å². The summed E-state index contributed by atoms with van der Waals surface area (Å²) in [6, 6.07) is 0. The van der Waals surface area contributed by atoms with Crippen LogP contribution in [0.1, 0.15) is 12.5 Å². The van der Waals surface area contributed by atoms with Gasteiger partial charge in [0.25, 0.3) is 0 Å². The Kier molecular flexibility index (Phi) is 11.1. The molecule has 2 aliphatic rings. The van der Waals surface area contributed by atoms with Gasteiger partial charge in [-0.15, -0.1) is 9.05 Å². The van der Waals surface area contributed by atoms with E-state index in [-0.39, 0.29) is 11.3 Å². The van der Waals surface area contributed by atoms with Crippen molar-refractivity contribution >= 4 is 72.9 Å². The number of aliphatic hydroxyl groups is 2. The number of halogens is 2. The topological polar surface area (TPSA) is 223 Å². The summed E-state index contributed by atoms with van der Waals surface area (Å²) >= 11 is 7.35. The molecule has 18 nitrogen and oxygen atoms in total. The number of nitrogens with zero attached hydrogens (tertiary/aromatic N) is 8. The van der Waals surface area contributed by atoms with Crippen molar-refractivity contribution in [2.24, 2.45) is 0 Å². The highest BCUT2D eigenvalue weighted by Gasteiger charge is 2.52. The van der Waals surface area contributed by atoms with Crippen molar-refractivity contribution in [1.82, 2.24) is 39.0 Å². The molecule has 5 unspecified atom stereocenters. The lowest BCUT2D eigenvalue weighted by Crippen LogP contribution is -2.31. The summed E-state index contributed by atoms with van der Waals surface area (Å²) in [5, 5.41) is 25.4. The molecule has 0 aliphatic carbocycles. The second-order valence-electron chi connectivity index (χ2n) is 10.3. The van der Waals surface area contributed by atoms with E-state index in [4.69, 9.17) is 18.5 Å². The molecule has 0 aromatic carbocycles. The number of imidazole rings is 2. The molecular formula is C24H28F2N10O8P2S2+2. The predicted molar refractivity (Wildman–Crippen MR) is 171 cm³/mol. The van der Waals surface area contributed by atoms with E-state index in [2.05, 4.69) is 65.0 Å². The molecule has 256 valence electrons. The SMILES string of the molecule is O=[P+](S)OC1[C@@H](F)C(n2cnc3c(NC/C=C\CNc4ncnc5c4ncn5[C@@H]4OC(CO)[C@@H](O[P+](=O)S)[C@H]4F)ncnc32)O[C@@H]1CO. The number of hydrogen-bond acceptors (Lipinski definition) is 16. The predicted octanol–water partition coefficient (Wildman–Crippen LogP) is 2.45. The van der Waals surface area contributed by atoms with Gasteiger partial charge in [-0.25, -0.2) is 38.7 Å². The number of thiol groups is 2. The van der Waals surface area contributed by atoms with Crippen molar-refractivity contribution in [1.29, 1.82) is 0 Å². The molecule has 10 atom stereocenters. The van der Waals surface area contributed by atoms with E-state index >= 15 is 8.78 Å². The Morgan fingerprint density at radius 1 is 0.771 bits per heavy atom. The summed E-state index contributed by atoms with van der Waals surface area (Å²) < 4.78 is 77.4. The molecule has 6 heterocycles. The lowest BCUT2D eigenvalue weighted by molar-refractivity contribution is -0.0427. The van der Waals surface area contributed by atoms with E-state index in [0.29, 0.717) is 35.8 Å². The minimum absolute atomic E-state index is 0.264. The maximum Gasteiger partial charge on any atom is 0.582 e. The average molecular weight is 749 g/mol. The third kappa shape index (κ3) is 7.00. The number of nitrogens with one attached hydrogen (secondary N) is 2. The normalized spacial score (nSPS) is 28.1. The molecule has 0 spiro atoms. The second kappa shape index (κ2) is 15.2. The highest BCUT2D eigenvalue weighted by Crippen LogP contribution is 2.42. The summed E-state index contributed by atoms with van der Waals surface area (Å²) in [4.78, 5) is 25.5. The van der Waals surface area contributed by atoms with E-state index in [1.165, 1.54) is 34.4 Å². The minimum Gasteiger partial charge on any atom is -0.394 e. The maximum atomic E-state index is 15.2. The molecule has 6 rings (SSSR count). The lowest BCUT2D eigenvalue weighted by Gasteiger charge is -2.15. The van der Waals surface area contributed by atoms with Crippen LogP contribution in [-0.2, 0) is 27.7 Å². The summed E-state index contributed by atoms with van der Waals surface area (Å²) in [7, 11) is -4.87. The Morgan fingerprint density at radius 2 is 1.19 bits per heavy atom. The third-order valence-corrected chi connectivity index (χ3v) is 8.94. The molecule has 2 saturated heterocycles. The van der Waals surface area contributed by atoms with Gasteiger partial charge in [0.2, 0.25) is 0 Å². The summed E-state index contributed by atoms with van der Waals surface area (Å²) in [6.07, 6.45) is -1.96. The molecule has 4 aromatic rings. The summed E-state index contributed by atoms with van der Waals surface area (Å²) in [5.74, 6) is 0.741. The van der Waals surface area contributed by atoms with E-state index in [9.17, 15) is 19.3 Å². The van der Waals surface area contributed by atoms with Crippen LogP contribution in [-0.4, -0.2) is 112 Å². The van der Waals surface area contributed by atoms with Gasteiger partial charge in [-0.3, -0.25) is 9.13 Å². The van der Waals surface area contributed by atoms with Crippen molar-refractivity contribution in [3.8, 4) is 0 Å². The quantitative estimate of drug-likeness (QED) is 0.0619. The van der Waals surface area contributed by atoms with Crippen LogP contribution >= 0.6 is 39.0 Å². The van der Waals surface area contributed by atoms with Crippen LogP contribution in [0.5, 0.6) is 0 Å². The van der Waals surface area contributed by atoms with E-state index in [1.54, 1.807) is 12.2 Å². The monoisotopic (exact) mass is 748 g/mol. The number of ether oxygens (including phenoxy) is 2. The van der Waals surface area contributed by atoms with Gasteiger partial charge < -0.3 is 30.3 Å². The van der Waals surface area contributed by atoms with Gasteiger partial charge in [0.1, 0.15) is 49.4 Å². The first-order valence-corrected chi connectivity index (χ1v) is 18.8. The number of hydrogen-bond donors (Lipinski definition) is 6. The highest BCUT2D eigenvalue weighted by atomic mass is 32.7. The standard InChI is InChI=1S/C24H26F2N10O8P2S2/c25-13-17(43-45(39)47)11(5-37)41-23(13)35-9-33-15-19(29-7-31-21(15)35)27-3-1-2-4-28-20-16-22(32-8-30-20)36(10-34-16)24-14(26)18(44-46(40)48)12(6-38)42-24/h1-2,7-14,17-18,23-24,37-38H,3-6H2,(H2-2,27,28,29,30,31,32,39,40,47,48)/p+2/b2-1-/t11-,12?,13-,14-,17?,18-,23?,24-/m1/s1. The molecular weight excluding hydrogens is 720 g/mol. The molecule has 0 radical (unpaired) electrons. The fourth-order valence-corrected chi connectivity index (χ4v) is 6.98. The van der Waals surface area contributed by atoms with Crippen molar-refractivity contribution in [3.63, 3.8) is 0 Å². The zero-order valence-corrected chi connectivity index (χ0v) is 28.0. The smallest absolute Gasteiger partial charge is 0.394 e. The van der Waals surface area contributed by atoms with E-state index in [1.807, 2.05) is 0 Å². The highest BCUT2D eigenvalue weighted by molar-refractivity contribution is 8.39. The van der Waals surface area contributed by atoms with Crippen molar-refractivity contribution in [2.45, 2.75) is 49.2 Å². The lowest BCUT2D eigenvalue weighted by atomic mass is 10.1. The van der Waals surface area contributed by atoms with Gasteiger partial charge in [0.05, 0.1) is 25.9 Å². The largest absolute Gasteiger partial charge is 0.582 e. The Labute approximate surface area is 281 Å². The summed E-state index contributed by atoms with van der Waals surface area (Å²) in [5.41, 5.74) is 1.21. The molecule has 2 aliphatic heterocycles. The fraction of sp³-hybridized carbons (Fsp3) is 0.500. The third-order valence-electron chi connectivity index (χ3n) is 7.52. The molecule has 24 heteroatoms. The first kappa shape index (κ1) is 34.8. The molecule has 4 N–H and O–H groups in total. The molecule has 48 heavy (non-hydrogen) atoms. The van der Waals surface area contributed by atoms with E-state index < -0.39 is 76.9 Å². The first-order chi connectivity index (χ1) is 23.2. The van der Waals surface area contributed by atoms with Crippen LogP contribution in [0.3, 0.4) is 0 Å². The Hall–Kier alpha value is -3.04. The number of alkyl halides is 2. The van der Waals surface area contributed by atoms with Gasteiger partial charge in [-0.1, -0.05) is 12.2 Å². The molecule has 2 fully saturated rings. The van der Waals surface area contributed by atoms with Crippen LogP contribution in [0.4, 0.5) is 20.4 Å². The van der Waals surface area contributed by atoms with Crippen LogP contribution in [0.15, 0.2) is 37.5 Å². The van der Waals surface area contributed by atoms with Gasteiger partial charge in [0, 0.05) is 13.1 Å². The Balaban J connectivity index is 1.07. The molecule has 0 bridgehead atoms. The van der Waals surface area contributed by atoms with Gasteiger partial charge >= 0.3 is 14.5 Å². The van der Waals surface area contributed by atoms with Crippen LogP contribution in [0, 0.1) is 0 Å². The van der Waals surface area contributed by atoms with Crippen LogP contribution in [0.25, 0.3) is 22.3 Å². The first-order valence-electron chi connectivity index (χ1n) is 14.2. The van der Waals surface area contributed by atoms with Gasteiger partial charge in [-0.05, 0) is 9.13 Å². The maximum absolute atomic E-state index is 15.2. The number of anilines is 2. The minimum atomic E-state index is -2.43. The van der Waals surface area contributed by atoms with Crippen molar-refractivity contribution in [2.75, 3.05) is 36.9 Å². The zero-order chi connectivity index (χ0) is 33.9. The average Bonchev–Trinajstić information content (AvgIpc) is 3.83. The summed E-state index contributed by atoms with van der Waals surface area (Å²) in [6.45, 7) is -0.472.